The molecule has 0 aliphatic rings. The molecule has 0 saturated heterocycles. The van der Waals surface area contributed by atoms with Crippen LogP contribution < -0.4 is 14.4 Å². The van der Waals surface area contributed by atoms with E-state index < -0.39 is 34.1 Å². The van der Waals surface area contributed by atoms with E-state index in [2.05, 4.69) is 5.32 Å². The molecule has 1 atom stereocenters. The molecular formula is C31H38ClN3O5S. The van der Waals surface area contributed by atoms with Crippen molar-refractivity contribution >= 4 is 39.1 Å². The van der Waals surface area contributed by atoms with E-state index in [1.165, 1.54) is 24.1 Å². The topological polar surface area (TPSA) is 96.0 Å². The number of aryl methyl sites for hydroxylation is 1. The van der Waals surface area contributed by atoms with E-state index in [1.54, 1.807) is 6.07 Å². The molecule has 0 heterocycles. The van der Waals surface area contributed by atoms with Crippen LogP contribution >= 0.6 is 11.6 Å². The van der Waals surface area contributed by atoms with E-state index in [9.17, 15) is 18.0 Å². The summed E-state index contributed by atoms with van der Waals surface area (Å²) in [5.41, 5.74) is 2.39. The lowest BCUT2D eigenvalue weighted by Gasteiger charge is -2.35. The van der Waals surface area contributed by atoms with E-state index in [0.29, 0.717) is 5.75 Å². The van der Waals surface area contributed by atoms with Crippen LogP contribution in [0.2, 0.25) is 5.02 Å². The summed E-state index contributed by atoms with van der Waals surface area (Å²) in [6.07, 6.45) is 1.27. The summed E-state index contributed by atoms with van der Waals surface area (Å²) in [4.78, 5) is 29.4. The van der Waals surface area contributed by atoms with Crippen LogP contribution in [0.3, 0.4) is 0 Å². The fraction of sp³-hybridized carbons (Fsp3) is 0.355. The van der Waals surface area contributed by atoms with Crippen LogP contribution in [0.15, 0.2) is 72.8 Å². The van der Waals surface area contributed by atoms with Crippen LogP contribution in [0.5, 0.6) is 5.75 Å². The molecule has 0 saturated carbocycles. The highest BCUT2D eigenvalue weighted by Gasteiger charge is 2.34. The molecular weight excluding hydrogens is 562 g/mol. The van der Waals surface area contributed by atoms with Crippen molar-refractivity contribution < 1.29 is 22.7 Å². The summed E-state index contributed by atoms with van der Waals surface area (Å²) >= 11 is 6.29. The van der Waals surface area contributed by atoms with Gasteiger partial charge in [0, 0.05) is 18.5 Å². The quantitative estimate of drug-likeness (QED) is 0.335. The Morgan fingerprint density at radius 3 is 2.15 bits per heavy atom. The number of amides is 2. The van der Waals surface area contributed by atoms with Crippen LogP contribution in [0.1, 0.15) is 37.5 Å². The van der Waals surface area contributed by atoms with Gasteiger partial charge in [-0.25, -0.2) is 8.42 Å². The molecule has 3 rings (SSSR count). The number of ether oxygens (including phenoxy) is 1. The number of hydrogen-bond acceptors (Lipinski definition) is 5. The molecule has 0 radical (unpaired) electrons. The molecule has 0 aliphatic heterocycles. The molecule has 3 aromatic carbocycles. The number of sulfonamides is 1. The van der Waals surface area contributed by atoms with Crippen LogP contribution in [-0.4, -0.2) is 56.6 Å². The number of benzene rings is 3. The first-order chi connectivity index (χ1) is 19.2. The van der Waals surface area contributed by atoms with Gasteiger partial charge in [-0.3, -0.25) is 13.9 Å². The number of methoxy groups -OCH3 is 1. The first-order valence-electron chi connectivity index (χ1n) is 13.2. The first kappa shape index (κ1) is 32.0. The smallest absolute Gasteiger partial charge is 0.244 e. The van der Waals surface area contributed by atoms with Gasteiger partial charge in [0.1, 0.15) is 18.3 Å². The highest BCUT2D eigenvalue weighted by molar-refractivity contribution is 7.92. The molecule has 220 valence electrons. The van der Waals surface area contributed by atoms with E-state index in [4.69, 9.17) is 16.3 Å². The van der Waals surface area contributed by atoms with Gasteiger partial charge in [0.25, 0.3) is 0 Å². The zero-order chi connectivity index (χ0) is 30.4. The van der Waals surface area contributed by atoms with Gasteiger partial charge in [0.05, 0.1) is 24.1 Å². The predicted molar refractivity (Wildman–Crippen MR) is 164 cm³/mol. The Morgan fingerprint density at radius 2 is 1.61 bits per heavy atom. The molecule has 10 heteroatoms. The summed E-state index contributed by atoms with van der Waals surface area (Å²) < 4.78 is 32.1. The van der Waals surface area contributed by atoms with Crippen molar-refractivity contribution in [3.05, 3.63) is 94.5 Å². The van der Waals surface area contributed by atoms with E-state index in [1.807, 2.05) is 82.3 Å². The SMILES string of the molecule is COc1ccc(N(CC(=O)N(Cc2ccc(C)cc2)[C@@H](Cc2ccccc2)C(=O)NC(C)(C)C)S(C)(=O)=O)cc1Cl. The molecule has 0 spiro atoms. The van der Waals surface area contributed by atoms with Gasteiger partial charge in [-0.2, -0.15) is 0 Å². The van der Waals surface area contributed by atoms with Crippen molar-refractivity contribution in [2.45, 2.75) is 52.2 Å². The van der Waals surface area contributed by atoms with Gasteiger partial charge in [0.15, 0.2) is 0 Å². The predicted octanol–water partition coefficient (Wildman–Crippen LogP) is 4.98. The minimum absolute atomic E-state index is 0.106. The van der Waals surface area contributed by atoms with Crippen LogP contribution in [0.4, 0.5) is 5.69 Å². The number of nitrogens with one attached hydrogen (secondary N) is 1. The fourth-order valence-corrected chi connectivity index (χ4v) is 5.41. The average molecular weight is 600 g/mol. The van der Waals surface area contributed by atoms with Crippen molar-refractivity contribution in [2.24, 2.45) is 0 Å². The van der Waals surface area contributed by atoms with Crippen LogP contribution in [0, 0.1) is 6.92 Å². The van der Waals surface area contributed by atoms with E-state index in [-0.39, 0.29) is 29.6 Å². The summed E-state index contributed by atoms with van der Waals surface area (Å²) in [6, 6.07) is 20.7. The Balaban J connectivity index is 2.08. The maximum absolute atomic E-state index is 14.1. The Hall–Kier alpha value is -3.56. The van der Waals surface area contributed by atoms with Crippen molar-refractivity contribution in [1.82, 2.24) is 10.2 Å². The minimum atomic E-state index is -3.91. The second-order valence-corrected chi connectivity index (χ2v) is 13.4. The van der Waals surface area contributed by atoms with Gasteiger partial charge in [-0.05, 0) is 57.0 Å². The number of carbonyl (C=O) groups excluding carboxylic acids is 2. The molecule has 2 amide bonds. The third-order valence-corrected chi connectivity index (χ3v) is 7.78. The number of carbonyl (C=O) groups is 2. The Bertz CT molecular complexity index is 1460. The second kappa shape index (κ2) is 13.4. The molecule has 0 aliphatic carbocycles. The van der Waals surface area contributed by atoms with Gasteiger partial charge in [-0.1, -0.05) is 71.8 Å². The van der Waals surface area contributed by atoms with Gasteiger partial charge in [-0.15, -0.1) is 0 Å². The summed E-state index contributed by atoms with van der Waals surface area (Å²) in [5, 5.41) is 3.21. The first-order valence-corrected chi connectivity index (χ1v) is 15.4. The fourth-order valence-electron chi connectivity index (χ4n) is 4.32. The highest BCUT2D eigenvalue weighted by Crippen LogP contribution is 2.30. The third kappa shape index (κ3) is 9.23. The number of nitrogens with zero attached hydrogens (tertiary/aromatic N) is 2. The lowest BCUT2D eigenvalue weighted by molar-refractivity contribution is -0.140. The maximum atomic E-state index is 14.1. The lowest BCUT2D eigenvalue weighted by Crippen LogP contribution is -2.56. The molecule has 0 bridgehead atoms. The van der Waals surface area contributed by atoms with Crippen LogP contribution in [0.25, 0.3) is 0 Å². The minimum Gasteiger partial charge on any atom is -0.495 e. The van der Waals surface area contributed by atoms with E-state index in [0.717, 1.165) is 27.3 Å². The average Bonchev–Trinajstić information content (AvgIpc) is 2.89. The summed E-state index contributed by atoms with van der Waals surface area (Å²) in [6.45, 7) is 7.16. The molecule has 41 heavy (non-hydrogen) atoms. The third-order valence-electron chi connectivity index (χ3n) is 6.35. The van der Waals surface area contributed by atoms with Gasteiger partial charge in [0.2, 0.25) is 21.8 Å². The maximum Gasteiger partial charge on any atom is 0.244 e. The number of rotatable bonds is 11. The molecule has 0 fully saturated rings. The Labute approximate surface area is 248 Å². The van der Waals surface area contributed by atoms with Crippen molar-refractivity contribution in [2.75, 3.05) is 24.2 Å². The Morgan fingerprint density at radius 1 is 0.976 bits per heavy atom. The van der Waals surface area contributed by atoms with Crippen molar-refractivity contribution in [3.8, 4) is 5.75 Å². The molecule has 1 N–H and O–H groups in total. The number of halogens is 1. The summed E-state index contributed by atoms with van der Waals surface area (Å²) in [7, 11) is -2.45. The second-order valence-electron chi connectivity index (χ2n) is 11.0. The number of hydrogen-bond donors (Lipinski definition) is 1. The zero-order valence-electron chi connectivity index (χ0n) is 24.3. The van der Waals surface area contributed by atoms with E-state index >= 15 is 0 Å². The molecule has 0 unspecified atom stereocenters. The normalized spacial score (nSPS) is 12.4. The standard InChI is InChI=1S/C31H38ClN3O5S/c1-22-12-14-24(15-13-22)20-34(27(30(37)33-31(2,3)4)18-23-10-8-7-9-11-23)29(36)21-35(41(6,38)39)25-16-17-28(40-5)26(32)19-25/h7-17,19,27H,18,20-21H2,1-6H3,(H,33,37)/t27-/m0/s1. The lowest BCUT2D eigenvalue weighted by atomic mass is 10.0. The molecule has 0 aromatic heterocycles. The van der Waals surface area contributed by atoms with Gasteiger partial charge < -0.3 is 15.0 Å². The summed E-state index contributed by atoms with van der Waals surface area (Å²) in [5.74, 6) is -0.494. The van der Waals surface area contributed by atoms with Crippen molar-refractivity contribution in [3.63, 3.8) is 0 Å². The molecule has 8 nitrogen and oxygen atoms in total. The monoisotopic (exact) mass is 599 g/mol. The highest BCUT2D eigenvalue weighted by atomic mass is 35.5. The Kier molecular flexibility index (Phi) is 10.4. The van der Waals surface area contributed by atoms with Gasteiger partial charge >= 0.3 is 0 Å². The zero-order valence-corrected chi connectivity index (χ0v) is 25.9. The van der Waals surface area contributed by atoms with Crippen molar-refractivity contribution in [1.29, 1.82) is 0 Å². The largest absolute Gasteiger partial charge is 0.495 e. The molecule has 3 aromatic rings. The number of anilines is 1. The van der Waals surface area contributed by atoms with Crippen LogP contribution in [-0.2, 0) is 32.6 Å².